The van der Waals surface area contributed by atoms with E-state index in [1.54, 1.807) is 30.0 Å². The van der Waals surface area contributed by atoms with E-state index in [2.05, 4.69) is 6.58 Å². The molecule has 2 aromatic rings. The molecule has 1 heterocycles. The molecule has 2 aromatic carbocycles. The zero-order valence-electron chi connectivity index (χ0n) is 17.2. The number of aryl methyl sites for hydroxylation is 1. The maximum absolute atomic E-state index is 12.4. The monoisotopic (exact) mass is 423 g/mol. The Morgan fingerprint density at radius 2 is 1.97 bits per heavy atom. The molecule has 6 heteroatoms. The van der Waals surface area contributed by atoms with Crippen molar-refractivity contribution < 1.29 is 19.1 Å². The first-order valence-electron chi connectivity index (χ1n) is 9.84. The molecule has 0 atom stereocenters. The number of esters is 1. The Hall–Kier alpha value is -2.99. The van der Waals surface area contributed by atoms with Crippen molar-refractivity contribution in [3.05, 3.63) is 82.9 Å². The third-order valence-corrected chi connectivity index (χ3v) is 5.74. The number of thioether (sulfide) groups is 1. The Balaban J connectivity index is 2.10. The Morgan fingerprint density at radius 3 is 2.60 bits per heavy atom. The van der Waals surface area contributed by atoms with Gasteiger partial charge in [-0.1, -0.05) is 47.7 Å². The van der Waals surface area contributed by atoms with Crippen LogP contribution in [0.3, 0.4) is 0 Å². The summed E-state index contributed by atoms with van der Waals surface area (Å²) in [7, 11) is 0. The number of hydrogen-bond donors (Lipinski definition) is 0. The highest BCUT2D eigenvalue weighted by Gasteiger charge is 2.29. The van der Waals surface area contributed by atoms with Crippen LogP contribution in [-0.2, 0) is 9.47 Å². The lowest BCUT2D eigenvalue weighted by atomic mass is 10.0. The second kappa shape index (κ2) is 10.2. The molecule has 1 saturated heterocycles. The number of cyclic esters (lactones) is 1. The molecule has 0 saturated carbocycles. The van der Waals surface area contributed by atoms with Crippen LogP contribution in [-0.4, -0.2) is 36.7 Å². The molecule has 5 nitrogen and oxygen atoms in total. The van der Waals surface area contributed by atoms with Gasteiger partial charge in [0.1, 0.15) is 6.61 Å². The Kier molecular flexibility index (Phi) is 7.36. The van der Waals surface area contributed by atoms with Crippen molar-refractivity contribution in [3.8, 4) is 0 Å². The average molecular weight is 424 g/mol. The number of benzene rings is 2. The fourth-order valence-corrected chi connectivity index (χ4v) is 4.19. The summed E-state index contributed by atoms with van der Waals surface area (Å²) in [6.45, 7) is 8.84. The Bertz CT molecular complexity index is 965. The number of carbonyl (C=O) groups is 2. The van der Waals surface area contributed by atoms with E-state index in [9.17, 15) is 9.59 Å². The van der Waals surface area contributed by atoms with Gasteiger partial charge in [-0.15, -0.1) is 6.58 Å². The van der Waals surface area contributed by atoms with E-state index in [1.807, 2.05) is 43.3 Å². The van der Waals surface area contributed by atoms with Gasteiger partial charge < -0.3 is 9.47 Å². The molecule has 0 aromatic heterocycles. The van der Waals surface area contributed by atoms with E-state index in [0.717, 1.165) is 21.1 Å². The maximum Gasteiger partial charge on any atom is 0.414 e. The van der Waals surface area contributed by atoms with E-state index in [-0.39, 0.29) is 12.1 Å². The van der Waals surface area contributed by atoms with Crippen LogP contribution in [0.5, 0.6) is 0 Å². The summed E-state index contributed by atoms with van der Waals surface area (Å²) < 4.78 is 10.3. The molecule has 0 spiro atoms. The summed E-state index contributed by atoms with van der Waals surface area (Å²) in [4.78, 5) is 27.3. The molecule has 1 aliphatic heterocycles. The molecule has 156 valence electrons. The molecule has 1 fully saturated rings. The zero-order chi connectivity index (χ0) is 21.5. The number of allylic oxidation sites excluding steroid dienone is 2. The minimum absolute atomic E-state index is 0.312. The fourth-order valence-electron chi connectivity index (χ4n) is 3.10. The number of hydrogen-bond acceptors (Lipinski definition) is 5. The van der Waals surface area contributed by atoms with Crippen LogP contribution < -0.4 is 0 Å². The number of carbonyl (C=O) groups excluding carboxylic acids is 2. The van der Waals surface area contributed by atoms with Gasteiger partial charge in [-0.3, -0.25) is 4.90 Å². The second-order valence-corrected chi connectivity index (χ2v) is 7.82. The minimum Gasteiger partial charge on any atom is -0.462 e. The smallest absolute Gasteiger partial charge is 0.414 e. The zero-order valence-corrected chi connectivity index (χ0v) is 18.0. The first-order chi connectivity index (χ1) is 14.5. The van der Waals surface area contributed by atoms with Crippen molar-refractivity contribution in [3.63, 3.8) is 0 Å². The molecule has 0 aliphatic carbocycles. The lowest BCUT2D eigenvalue weighted by Crippen LogP contribution is -2.23. The summed E-state index contributed by atoms with van der Waals surface area (Å²) in [5.41, 5.74) is 3.38. The molecule has 0 N–H and O–H groups in total. The van der Waals surface area contributed by atoms with Crippen molar-refractivity contribution in [1.82, 2.24) is 4.90 Å². The van der Waals surface area contributed by atoms with Gasteiger partial charge in [0.05, 0.1) is 23.7 Å². The lowest BCUT2D eigenvalue weighted by molar-refractivity contribution is 0.0526. The van der Waals surface area contributed by atoms with Crippen molar-refractivity contribution in [2.45, 2.75) is 25.2 Å². The van der Waals surface area contributed by atoms with Crippen LogP contribution >= 0.6 is 11.8 Å². The normalized spacial score (nSPS) is 14.2. The van der Waals surface area contributed by atoms with Crippen LogP contribution in [0.4, 0.5) is 4.79 Å². The summed E-state index contributed by atoms with van der Waals surface area (Å²) >= 11 is 1.51. The lowest BCUT2D eigenvalue weighted by Gasteiger charge is -2.22. The van der Waals surface area contributed by atoms with E-state index in [4.69, 9.17) is 9.47 Å². The van der Waals surface area contributed by atoms with Gasteiger partial charge in [0.15, 0.2) is 0 Å². The predicted octanol–water partition coefficient (Wildman–Crippen LogP) is 5.66. The van der Waals surface area contributed by atoms with E-state index in [0.29, 0.717) is 31.7 Å². The van der Waals surface area contributed by atoms with Crippen LogP contribution in [0.1, 0.15) is 34.8 Å². The number of nitrogens with zero attached hydrogens (tertiary/aromatic N) is 1. The molecule has 1 amide bonds. The van der Waals surface area contributed by atoms with Crippen molar-refractivity contribution in [1.29, 1.82) is 0 Å². The molecule has 0 bridgehead atoms. The van der Waals surface area contributed by atoms with Crippen molar-refractivity contribution in [2.24, 2.45) is 0 Å². The Morgan fingerprint density at radius 1 is 1.23 bits per heavy atom. The predicted molar refractivity (Wildman–Crippen MR) is 119 cm³/mol. The third-order valence-electron chi connectivity index (χ3n) is 4.57. The quantitative estimate of drug-likeness (QED) is 0.311. The summed E-state index contributed by atoms with van der Waals surface area (Å²) in [5.74, 6) is -0.370. The standard InChI is InChI=1S/C24H25NO4S/c1-4-7-21(18-8-6-9-19(16-18)23(26)28-5-2)22(25-14-15-29-24(25)27)30-20-12-10-17(3)11-13-20/h4,6,8-13,16H,1,5,7,14-15H2,2-3H3/b22-21+. The molecule has 30 heavy (non-hydrogen) atoms. The van der Waals surface area contributed by atoms with Crippen LogP contribution in [0.2, 0.25) is 0 Å². The summed E-state index contributed by atoms with van der Waals surface area (Å²) in [6.07, 6.45) is 1.96. The molecular formula is C24H25NO4S. The van der Waals surface area contributed by atoms with Gasteiger partial charge in [0.2, 0.25) is 0 Å². The van der Waals surface area contributed by atoms with Crippen LogP contribution in [0.25, 0.3) is 5.57 Å². The van der Waals surface area contributed by atoms with Gasteiger partial charge in [-0.2, -0.15) is 0 Å². The highest BCUT2D eigenvalue weighted by Crippen LogP contribution is 2.38. The largest absolute Gasteiger partial charge is 0.462 e. The SMILES string of the molecule is C=CC/C(=C(\Sc1ccc(C)cc1)N1CCOC1=O)c1cccc(C(=O)OCC)c1. The van der Waals surface area contributed by atoms with Gasteiger partial charge >= 0.3 is 12.1 Å². The van der Waals surface area contributed by atoms with Crippen LogP contribution in [0.15, 0.2) is 71.1 Å². The maximum atomic E-state index is 12.4. The summed E-state index contributed by atoms with van der Waals surface area (Å²) in [5, 5.41) is 0.780. The van der Waals surface area contributed by atoms with E-state index in [1.165, 1.54) is 17.3 Å². The van der Waals surface area contributed by atoms with Crippen LogP contribution in [0, 0.1) is 6.92 Å². The van der Waals surface area contributed by atoms with E-state index < -0.39 is 0 Å². The van der Waals surface area contributed by atoms with Gasteiger partial charge in [0, 0.05) is 4.90 Å². The molecule has 1 aliphatic rings. The number of ether oxygens (including phenoxy) is 2. The Labute approximate surface area is 181 Å². The summed E-state index contributed by atoms with van der Waals surface area (Å²) in [6, 6.07) is 15.4. The van der Waals surface area contributed by atoms with Crippen molar-refractivity contribution >= 4 is 29.4 Å². The van der Waals surface area contributed by atoms with Crippen molar-refractivity contribution in [2.75, 3.05) is 19.8 Å². The topological polar surface area (TPSA) is 55.8 Å². The highest BCUT2D eigenvalue weighted by molar-refractivity contribution is 8.03. The second-order valence-electron chi connectivity index (χ2n) is 6.76. The average Bonchev–Trinajstić information content (AvgIpc) is 3.18. The third kappa shape index (κ3) is 5.13. The van der Waals surface area contributed by atoms with Gasteiger partial charge in [-0.05, 0) is 55.7 Å². The highest BCUT2D eigenvalue weighted by atomic mass is 32.2. The molecule has 0 radical (unpaired) electrons. The number of rotatable bonds is 8. The first kappa shape index (κ1) is 21.7. The molecule has 3 rings (SSSR count). The number of amides is 1. The fraction of sp³-hybridized carbons (Fsp3) is 0.250. The first-order valence-corrected chi connectivity index (χ1v) is 10.7. The molecule has 0 unspecified atom stereocenters. The minimum atomic E-state index is -0.370. The van der Waals surface area contributed by atoms with E-state index >= 15 is 0 Å². The molecular weight excluding hydrogens is 398 g/mol. The van der Waals surface area contributed by atoms with Gasteiger partial charge in [-0.25, -0.2) is 9.59 Å². The van der Waals surface area contributed by atoms with Gasteiger partial charge in [0.25, 0.3) is 0 Å².